The number of carbonyl (C=O) groups excluding carboxylic acids is 1. The molecule has 0 spiro atoms. The molecule has 2 unspecified atom stereocenters. The van der Waals surface area contributed by atoms with Gasteiger partial charge in [0.2, 0.25) is 0 Å². The summed E-state index contributed by atoms with van der Waals surface area (Å²) in [5.74, 6) is 0.381. The lowest BCUT2D eigenvalue weighted by Gasteiger charge is -2.43. The molecule has 0 bridgehead atoms. The number of hydrogen-bond donors (Lipinski definition) is 0. The van der Waals surface area contributed by atoms with Gasteiger partial charge in [-0.25, -0.2) is 0 Å². The van der Waals surface area contributed by atoms with E-state index < -0.39 is 0 Å². The summed E-state index contributed by atoms with van der Waals surface area (Å²) in [4.78, 5) is 10.9. The molecule has 0 N–H and O–H groups in total. The zero-order valence-electron chi connectivity index (χ0n) is 12.3. The van der Waals surface area contributed by atoms with E-state index in [1.165, 1.54) is 32.6 Å². The Kier molecular flexibility index (Phi) is 3.11. The number of ether oxygens (including phenoxy) is 1. The predicted molar refractivity (Wildman–Crippen MR) is 72.9 cm³/mol. The molecule has 2 fully saturated rings. The number of allylic oxidation sites excluding steroid dienone is 1. The standard InChI is InChI=1S/C16H26O2/c1-12(18-13(2)17)7-10-16-11-15(16,5)9-6-8-14(16,3)4/h1,6-11H2,2-5H3. The van der Waals surface area contributed by atoms with Crippen LogP contribution in [0, 0.1) is 16.2 Å². The van der Waals surface area contributed by atoms with Crippen molar-refractivity contribution in [3.8, 4) is 0 Å². The molecule has 0 radical (unpaired) electrons. The Labute approximate surface area is 111 Å². The number of rotatable bonds is 4. The average Bonchev–Trinajstić information content (AvgIpc) is 2.82. The third-order valence-corrected chi connectivity index (χ3v) is 5.67. The van der Waals surface area contributed by atoms with Gasteiger partial charge in [0, 0.05) is 13.3 Å². The van der Waals surface area contributed by atoms with Gasteiger partial charge in [0.15, 0.2) is 0 Å². The molecule has 0 aromatic rings. The second-order valence-corrected chi connectivity index (χ2v) is 7.19. The van der Waals surface area contributed by atoms with Crippen LogP contribution in [0.4, 0.5) is 0 Å². The van der Waals surface area contributed by atoms with Crippen molar-refractivity contribution in [2.45, 2.75) is 66.2 Å². The van der Waals surface area contributed by atoms with Gasteiger partial charge in [0.05, 0.1) is 0 Å². The minimum atomic E-state index is -0.251. The summed E-state index contributed by atoms with van der Waals surface area (Å²) in [6, 6.07) is 0. The third-order valence-electron chi connectivity index (χ3n) is 5.67. The SMILES string of the molecule is C=C(CCC12CC1(C)CCCC2(C)C)OC(C)=O. The molecule has 0 aromatic heterocycles. The van der Waals surface area contributed by atoms with Crippen LogP contribution in [0.5, 0.6) is 0 Å². The van der Waals surface area contributed by atoms with Gasteiger partial charge in [-0.3, -0.25) is 4.79 Å². The molecular formula is C16H26O2. The topological polar surface area (TPSA) is 26.3 Å². The molecule has 0 amide bonds. The third kappa shape index (κ3) is 2.00. The van der Waals surface area contributed by atoms with E-state index in [1.54, 1.807) is 0 Å². The van der Waals surface area contributed by atoms with Crippen LogP contribution in [-0.4, -0.2) is 5.97 Å². The zero-order valence-corrected chi connectivity index (χ0v) is 12.3. The van der Waals surface area contributed by atoms with Crippen molar-refractivity contribution >= 4 is 5.97 Å². The van der Waals surface area contributed by atoms with Gasteiger partial charge >= 0.3 is 5.97 Å². The highest BCUT2D eigenvalue weighted by molar-refractivity contribution is 5.67. The number of hydrogen-bond acceptors (Lipinski definition) is 2. The first-order valence-electron chi connectivity index (χ1n) is 7.09. The molecule has 0 aliphatic heterocycles. The van der Waals surface area contributed by atoms with Crippen molar-refractivity contribution in [2.75, 3.05) is 0 Å². The lowest BCUT2D eigenvalue weighted by Crippen LogP contribution is -2.34. The molecule has 2 heteroatoms. The van der Waals surface area contributed by atoms with Crippen LogP contribution in [0.15, 0.2) is 12.3 Å². The van der Waals surface area contributed by atoms with Crippen molar-refractivity contribution in [1.82, 2.24) is 0 Å². The summed E-state index contributed by atoms with van der Waals surface area (Å²) in [6.45, 7) is 12.5. The summed E-state index contributed by atoms with van der Waals surface area (Å²) in [6.07, 6.45) is 7.30. The average molecular weight is 250 g/mol. The fourth-order valence-electron chi connectivity index (χ4n) is 4.50. The van der Waals surface area contributed by atoms with E-state index >= 15 is 0 Å². The maximum atomic E-state index is 10.9. The van der Waals surface area contributed by atoms with Gasteiger partial charge in [-0.2, -0.15) is 0 Å². The van der Waals surface area contributed by atoms with Gasteiger partial charge in [-0.05, 0) is 41.9 Å². The van der Waals surface area contributed by atoms with Crippen LogP contribution in [0.25, 0.3) is 0 Å². The van der Waals surface area contributed by atoms with E-state index in [1.807, 2.05) is 0 Å². The second kappa shape index (κ2) is 4.11. The van der Waals surface area contributed by atoms with Crippen LogP contribution in [0.1, 0.15) is 66.2 Å². The van der Waals surface area contributed by atoms with Crippen molar-refractivity contribution in [3.63, 3.8) is 0 Å². The molecule has 18 heavy (non-hydrogen) atoms. The van der Waals surface area contributed by atoms with Gasteiger partial charge in [-0.15, -0.1) is 0 Å². The van der Waals surface area contributed by atoms with E-state index in [4.69, 9.17) is 4.74 Å². The Morgan fingerprint density at radius 3 is 2.50 bits per heavy atom. The highest BCUT2D eigenvalue weighted by atomic mass is 16.5. The monoisotopic (exact) mass is 250 g/mol. The van der Waals surface area contributed by atoms with Crippen LogP contribution in [-0.2, 0) is 9.53 Å². The molecule has 2 atom stereocenters. The zero-order chi connectivity index (χ0) is 13.6. The summed E-state index contributed by atoms with van der Waals surface area (Å²) in [5, 5.41) is 0. The van der Waals surface area contributed by atoms with Gasteiger partial charge in [0.1, 0.15) is 5.76 Å². The van der Waals surface area contributed by atoms with Crippen molar-refractivity contribution < 1.29 is 9.53 Å². The highest BCUT2D eigenvalue weighted by Crippen LogP contribution is 2.79. The van der Waals surface area contributed by atoms with Crippen LogP contribution in [0.3, 0.4) is 0 Å². The fraction of sp³-hybridized carbons (Fsp3) is 0.812. The van der Waals surface area contributed by atoms with Crippen LogP contribution < -0.4 is 0 Å². The smallest absolute Gasteiger partial charge is 0.307 e. The van der Waals surface area contributed by atoms with Crippen LogP contribution >= 0.6 is 0 Å². The lowest BCUT2D eigenvalue weighted by atomic mass is 9.62. The lowest BCUT2D eigenvalue weighted by molar-refractivity contribution is -0.137. The van der Waals surface area contributed by atoms with E-state index in [0.29, 0.717) is 22.0 Å². The first-order valence-corrected chi connectivity index (χ1v) is 7.09. The van der Waals surface area contributed by atoms with Crippen molar-refractivity contribution in [1.29, 1.82) is 0 Å². The van der Waals surface area contributed by atoms with E-state index in [2.05, 4.69) is 27.4 Å². The molecule has 0 saturated heterocycles. The second-order valence-electron chi connectivity index (χ2n) is 7.19. The molecule has 0 aromatic carbocycles. The van der Waals surface area contributed by atoms with Crippen LogP contribution in [0.2, 0.25) is 0 Å². The van der Waals surface area contributed by atoms with E-state index in [9.17, 15) is 4.79 Å². The quantitative estimate of drug-likeness (QED) is 0.544. The minimum Gasteiger partial charge on any atom is -0.432 e. The summed E-state index contributed by atoms with van der Waals surface area (Å²) < 4.78 is 5.07. The molecular weight excluding hydrogens is 224 g/mol. The van der Waals surface area contributed by atoms with Crippen molar-refractivity contribution in [3.05, 3.63) is 12.3 Å². The summed E-state index contributed by atoms with van der Waals surface area (Å²) in [5.41, 5.74) is 1.38. The normalized spacial score (nSPS) is 36.7. The van der Waals surface area contributed by atoms with Gasteiger partial charge in [-0.1, -0.05) is 33.8 Å². The number of esters is 1. The molecule has 102 valence electrons. The number of fused-ring (bicyclic) bond motifs is 1. The van der Waals surface area contributed by atoms with Gasteiger partial charge < -0.3 is 4.74 Å². The molecule has 2 nitrogen and oxygen atoms in total. The van der Waals surface area contributed by atoms with Crippen molar-refractivity contribution in [2.24, 2.45) is 16.2 Å². The largest absolute Gasteiger partial charge is 0.432 e. The first-order chi connectivity index (χ1) is 8.22. The highest BCUT2D eigenvalue weighted by Gasteiger charge is 2.70. The summed E-state index contributed by atoms with van der Waals surface area (Å²) in [7, 11) is 0. The molecule has 0 heterocycles. The fourth-order valence-corrected chi connectivity index (χ4v) is 4.50. The molecule has 2 rings (SSSR count). The molecule has 2 aliphatic carbocycles. The Morgan fingerprint density at radius 2 is 1.94 bits per heavy atom. The maximum Gasteiger partial charge on any atom is 0.307 e. The Balaban J connectivity index is 2.00. The molecule has 2 saturated carbocycles. The van der Waals surface area contributed by atoms with E-state index in [-0.39, 0.29) is 5.97 Å². The Morgan fingerprint density at radius 1 is 1.28 bits per heavy atom. The summed E-state index contributed by atoms with van der Waals surface area (Å²) >= 11 is 0. The molecule has 2 aliphatic rings. The maximum absolute atomic E-state index is 10.9. The minimum absolute atomic E-state index is 0.251. The Hall–Kier alpha value is -0.790. The van der Waals surface area contributed by atoms with E-state index in [0.717, 1.165) is 12.8 Å². The predicted octanol–water partition coefficient (Wildman–Crippen LogP) is 4.45. The Bertz CT molecular complexity index is 383. The van der Waals surface area contributed by atoms with Gasteiger partial charge in [0.25, 0.3) is 0 Å². The number of carbonyl (C=O) groups is 1. The first kappa shape index (κ1) is 13.6.